The van der Waals surface area contributed by atoms with Gasteiger partial charge in [0.2, 0.25) is 6.43 Å². The maximum absolute atomic E-state index is 12.0. The van der Waals surface area contributed by atoms with Crippen molar-refractivity contribution in [1.82, 2.24) is 0 Å². The van der Waals surface area contributed by atoms with Crippen molar-refractivity contribution < 1.29 is 39.5 Å². The fourth-order valence-electron chi connectivity index (χ4n) is 0.529. The molecule has 86 valence electrons. The highest BCUT2D eigenvalue weighted by molar-refractivity contribution is 4.91. The minimum absolute atomic E-state index is 2.83. The van der Waals surface area contributed by atoms with Crippen LogP contribution in [0.5, 0.6) is 0 Å². The molecule has 0 aliphatic heterocycles. The molecule has 0 unspecified atom stereocenters. The lowest BCUT2D eigenvalue weighted by Crippen LogP contribution is -2.52. The molecule has 0 aromatic carbocycles. The lowest BCUT2D eigenvalue weighted by molar-refractivity contribution is -0.359. The highest BCUT2D eigenvalue weighted by atomic mass is 19.4. The summed E-state index contributed by atoms with van der Waals surface area (Å²) < 4.78 is 104. The van der Waals surface area contributed by atoms with Gasteiger partial charge in [-0.1, -0.05) is 0 Å². The summed E-state index contributed by atoms with van der Waals surface area (Å²) in [6, 6.07) is 0. The standard InChI is InChI=1S/C5H3F9/c6-2(7)1-3(8,9)4(10,11)5(12,13)14/h2H,1H2. The molecule has 0 saturated heterocycles. The Kier molecular flexibility index (Phi) is 3.34. The summed E-state index contributed by atoms with van der Waals surface area (Å²) in [6.45, 7) is 0. The summed E-state index contributed by atoms with van der Waals surface area (Å²) in [7, 11) is 0. The van der Waals surface area contributed by atoms with Crippen LogP contribution in [0.25, 0.3) is 0 Å². The lowest BCUT2D eigenvalue weighted by atomic mass is 10.1. The van der Waals surface area contributed by atoms with Gasteiger partial charge in [0, 0.05) is 0 Å². The van der Waals surface area contributed by atoms with Gasteiger partial charge in [-0.3, -0.25) is 0 Å². The maximum atomic E-state index is 12.0. The van der Waals surface area contributed by atoms with Crippen molar-refractivity contribution in [2.45, 2.75) is 30.9 Å². The van der Waals surface area contributed by atoms with Gasteiger partial charge < -0.3 is 0 Å². The number of halogens is 9. The van der Waals surface area contributed by atoms with Gasteiger partial charge in [0.05, 0.1) is 6.42 Å². The monoisotopic (exact) mass is 234 g/mol. The molecule has 0 aliphatic rings. The first kappa shape index (κ1) is 13.4. The van der Waals surface area contributed by atoms with Crippen LogP contribution in [0.4, 0.5) is 39.5 Å². The van der Waals surface area contributed by atoms with Crippen molar-refractivity contribution in [2.24, 2.45) is 0 Å². The Morgan fingerprint density at radius 2 is 1.14 bits per heavy atom. The van der Waals surface area contributed by atoms with Crippen LogP contribution >= 0.6 is 0 Å². The molecule has 0 aromatic heterocycles. The van der Waals surface area contributed by atoms with Crippen molar-refractivity contribution in [3.8, 4) is 0 Å². The Hall–Kier alpha value is -0.630. The molecule has 9 heteroatoms. The molecule has 0 atom stereocenters. The zero-order valence-corrected chi connectivity index (χ0v) is 6.19. The zero-order valence-electron chi connectivity index (χ0n) is 6.19. The maximum Gasteiger partial charge on any atom is 0.459 e. The van der Waals surface area contributed by atoms with E-state index in [0.717, 1.165) is 0 Å². The Labute approximate surface area is 71.7 Å². The number of alkyl halides is 9. The zero-order chi connectivity index (χ0) is 11.8. The van der Waals surface area contributed by atoms with Crippen LogP contribution in [0.2, 0.25) is 0 Å². The van der Waals surface area contributed by atoms with E-state index >= 15 is 0 Å². The number of hydrogen-bond donors (Lipinski definition) is 0. The smallest absolute Gasteiger partial charge is 0.210 e. The van der Waals surface area contributed by atoms with Gasteiger partial charge in [-0.25, -0.2) is 8.78 Å². The Balaban J connectivity index is 4.88. The van der Waals surface area contributed by atoms with Gasteiger partial charge in [0.25, 0.3) is 0 Å². The van der Waals surface area contributed by atoms with Gasteiger partial charge in [-0.05, 0) is 0 Å². The molecule has 0 bridgehead atoms. The summed E-state index contributed by atoms with van der Waals surface area (Å²) in [5.41, 5.74) is 0. The molecule has 0 radical (unpaired) electrons. The highest BCUT2D eigenvalue weighted by Gasteiger charge is 2.73. The van der Waals surface area contributed by atoms with Gasteiger partial charge in [0.1, 0.15) is 0 Å². The van der Waals surface area contributed by atoms with Gasteiger partial charge in [-0.2, -0.15) is 30.7 Å². The molecule has 0 saturated carbocycles. The fraction of sp³-hybridized carbons (Fsp3) is 1.00. The number of hydrogen-bond acceptors (Lipinski definition) is 0. The van der Waals surface area contributed by atoms with Crippen molar-refractivity contribution in [3.05, 3.63) is 0 Å². The molecule has 0 fully saturated rings. The Morgan fingerprint density at radius 3 is 1.36 bits per heavy atom. The summed E-state index contributed by atoms with van der Waals surface area (Å²) in [5.74, 6) is -12.3. The molecule has 0 rings (SSSR count). The molecule has 0 aromatic rings. The van der Waals surface area contributed by atoms with Gasteiger partial charge in [-0.15, -0.1) is 0 Å². The van der Waals surface area contributed by atoms with E-state index in [1.165, 1.54) is 0 Å². The van der Waals surface area contributed by atoms with Crippen LogP contribution in [-0.4, -0.2) is 24.4 Å². The normalized spacial score (nSPS) is 15.0. The quantitative estimate of drug-likeness (QED) is 0.656. The first-order valence-corrected chi connectivity index (χ1v) is 3.02. The molecule has 14 heavy (non-hydrogen) atoms. The minimum Gasteiger partial charge on any atom is -0.210 e. The molecule has 0 spiro atoms. The van der Waals surface area contributed by atoms with E-state index < -0.39 is 30.9 Å². The second-order valence-corrected chi connectivity index (χ2v) is 2.37. The predicted molar refractivity (Wildman–Crippen MR) is 26.6 cm³/mol. The lowest BCUT2D eigenvalue weighted by Gasteiger charge is -2.27. The molecule has 0 nitrogen and oxygen atoms in total. The second-order valence-electron chi connectivity index (χ2n) is 2.37. The van der Waals surface area contributed by atoms with E-state index in [2.05, 4.69) is 0 Å². The molecule has 0 amide bonds. The summed E-state index contributed by atoms with van der Waals surface area (Å²) >= 11 is 0. The first-order valence-electron chi connectivity index (χ1n) is 3.02. The van der Waals surface area contributed by atoms with Crippen LogP contribution in [-0.2, 0) is 0 Å². The Morgan fingerprint density at radius 1 is 0.786 bits per heavy atom. The van der Waals surface area contributed by atoms with Crippen LogP contribution in [0.3, 0.4) is 0 Å². The second kappa shape index (κ2) is 3.50. The van der Waals surface area contributed by atoms with E-state index in [0.29, 0.717) is 0 Å². The predicted octanol–water partition coefficient (Wildman–Crippen LogP) is 3.47. The van der Waals surface area contributed by atoms with Crippen molar-refractivity contribution in [2.75, 3.05) is 0 Å². The van der Waals surface area contributed by atoms with E-state index in [4.69, 9.17) is 0 Å². The van der Waals surface area contributed by atoms with Crippen LogP contribution in [0.1, 0.15) is 6.42 Å². The largest absolute Gasteiger partial charge is 0.459 e. The first-order chi connectivity index (χ1) is 5.92. The highest BCUT2D eigenvalue weighted by Crippen LogP contribution is 2.48. The molecular weight excluding hydrogens is 231 g/mol. The van der Waals surface area contributed by atoms with Gasteiger partial charge in [0.15, 0.2) is 0 Å². The van der Waals surface area contributed by atoms with Crippen molar-refractivity contribution in [3.63, 3.8) is 0 Å². The van der Waals surface area contributed by atoms with Crippen LogP contribution in [0.15, 0.2) is 0 Å². The minimum atomic E-state index is -6.55. The fourth-order valence-corrected chi connectivity index (χ4v) is 0.529. The van der Waals surface area contributed by atoms with E-state index in [1.807, 2.05) is 0 Å². The summed E-state index contributed by atoms with van der Waals surface area (Å²) in [6.07, 6.45) is -13.3. The van der Waals surface area contributed by atoms with E-state index in [-0.39, 0.29) is 0 Å². The van der Waals surface area contributed by atoms with E-state index in [1.54, 1.807) is 0 Å². The summed E-state index contributed by atoms with van der Waals surface area (Å²) in [5, 5.41) is 0. The average molecular weight is 234 g/mol. The van der Waals surface area contributed by atoms with Crippen molar-refractivity contribution >= 4 is 0 Å². The SMILES string of the molecule is FC(F)CC(F)(F)C(F)(F)C(F)(F)F. The van der Waals surface area contributed by atoms with Crippen LogP contribution < -0.4 is 0 Å². The van der Waals surface area contributed by atoms with Gasteiger partial charge >= 0.3 is 18.0 Å². The third-order valence-electron chi connectivity index (χ3n) is 1.23. The molecular formula is C5H3F9. The third-order valence-corrected chi connectivity index (χ3v) is 1.23. The topological polar surface area (TPSA) is 0 Å². The summed E-state index contributed by atoms with van der Waals surface area (Å²) in [4.78, 5) is 0. The third kappa shape index (κ3) is 2.44. The average Bonchev–Trinajstić information content (AvgIpc) is 1.80. The molecule has 0 N–H and O–H groups in total. The molecule has 0 aliphatic carbocycles. The number of rotatable bonds is 3. The Bertz CT molecular complexity index is 190. The van der Waals surface area contributed by atoms with Crippen LogP contribution in [0, 0.1) is 0 Å². The van der Waals surface area contributed by atoms with E-state index in [9.17, 15) is 39.5 Å². The van der Waals surface area contributed by atoms with Crippen molar-refractivity contribution in [1.29, 1.82) is 0 Å². The molecule has 0 heterocycles.